The van der Waals surface area contributed by atoms with Crippen LogP contribution in [-0.2, 0) is 0 Å². The molecule has 0 bridgehead atoms. The highest BCUT2D eigenvalue weighted by atomic mass is 32.2. The van der Waals surface area contributed by atoms with Gasteiger partial charge in [0.05, 0.1) is 6.04 Å². The fourth-order valence-electron chi connectivity index (χ4n) is 2.61. The maximum atomic E-state index is 12.6. The van der Waals surface area contributed by atoms with Crippen molar-refractivity contribution in [2.24, 2.45) is 0 Å². The van der Waals surface area contributed by atoms with Crippen molar-refractivity contribution in [3.63, 3.8) is 0 Å². The molecule has 5 heteroatoms. The highest BCUT2D eigenvalue weighted by Crippen LogP contribution is 2.27. The van der Waals surface area contributed by atoms with Crippen molar-refractivity contribution in [1.82, 2.24) is 10.2 Å². The number of benzene rings is 1. The maximum Gasteiger partial charge on any atom is 0.318 e. The molecule has 1 unspecified atom stereocenters. The normalized spacial score (nSPS) is 16.3. The van der Waals surface area contributed by atoms with Crippen molar-refractivity contribution >= 4 is 29.1 Å². The first-order valence-corrected chi connectivity index (χ1v) is 9.50. The summed E-state index contributed by atoms with van der Waals surface area (Å²) in [4.78, 5) is 15.7. The summed E-state index contributed by atoms with van der Waals surface area (Å²) in [5.74, 6) is 2.06. The molecule has 2 heterocycles. The molecular formula is C17H20N2OS2. The first kappa shape index (κ1) is 15.4. The number of urea groups is 1. The second-order valence-corrected chi connectivity index (χ2v) is 7.62. The largest absolute Gasteiger partial charge is 0.326 e. The summed E-state index contributed by atoms with van der Waals surface area (Å²) in [6, 6.07) is 12.5. The molecule has 2 aromatic rings. The van der Waals surface area contributed by atoms with E-state index in [0.717, 1.165) is 30.2 Å². The van der Waals surface area contributed by atoms with Crippen molar-refractivity contribution in [3.8, 4) is 0 Å². The summed E-state index contributed by atoms with van der Waals surface area (Å²) >= 11 is 3.59. The molecule has 1 saturated heterocycles. The summed E-state index contributed by atoms with van der Waals surface area (Å²) in [6.45, 7) is 3.75. The Bertz CT molecular complexity index is 621. The fraction of sp³-hybridized carbons (Fsp3) is 0.353. The lowest BCUT2D eigenvalue weighted by atomic mass is 10.0. The third-order valence-corrected chi connectivity index (χ3v) is 5.65. The van der Waals surface area contributed by atoms with Gasteiger partial charge in [0.15, 0.2) is 0 Å². The number of rotatable bonds is 3. The third kappa shape index (κ3) is 3.65. The van der Waals surface area contributed by atoms with Crippen molar-refractivity contribution in [3.05, 3.63) is 57.8 Å². The number of hydrogen-bond acceptors (Lipinski definition) is 3. The molecule has 0 spiro atoms. The van der Waals surface area contributed by atoms with E-state index in [0.29, 0.717) is 0 Å². The molecule has 1 aromatic carbocycles. The van der Waals surface area contributed by atoms with E-state index in [1.165, 1.54) is 10.4 Å². The zero-order valence-corrected chi connectivity index (χ0v) is 14.3. The van der Waals surface area contributed by atoms with E-state index in [4.69, 9.17) is 0 Å². The van der Waals surface area contributed by atoms with Gasteiger partial charge >= 0.3 is 6.03 Å². The number of nitrogens with zero attached hydrogens (tertiary/aromatic N) is 1. The van der Waals surface area contributed by atoms with Crippen molar-refractivity contribution in [2.45, 2.75) is 13.0 Å². The Balaban J connectivity index is 1.81. The molecular weight excluding hydrogens is 312 g/mol. The second-order valence-electron chi connectivity index (χ2n) is 5.41. The summed E-state index contributed by atoms with van der Waals surface area (Å²) < 4.78 is 0. The maximum absolute atomic E-state index is 12.6. The molecule has 1 aliphatic rings. The lowest BCUT2D eigenvalue weighted by Gasteiger charge is -2.29. The zero-order chi connectivity index (χ0) is 15.4. The van der Waals surface area contributed by atoms with E-state index in [-0.39, 0.29) is 12.1 Å². The van der Waals surface area contributed by atoms with Gasteiger partial charge in [-0.2, -0.15) is 11.8 Å². The minimum atomic E-state index is -0.0676. The Hall–Kier alpha value is -1.46. The Labute approximate surface area is 139 Å². The average molecular weight is 332 g/mol. The van der Waals surface area contributed by atoms with Crippen LogP contribution >= 0.6 is 23.1 Å². The van der Waals surface area contributed by atoms with Gasteiger partial charge in [-0.25, -0.2) is 4.79 Å². The molecule has 1 aromatic heterocycles. The molecule has 3 rings (SSSR count). The predicted octanol–water partition coefficient (Wildman–Crippen LogP) is 3.90. The fourth-order valence-corrected chi connectivity index (χ4v) is 4.31. The van der Waals surface area contributed by atoms with Crippen LogP contribution in [0, 0.1) is 6.92 Å². The van der Waals surface area contributed by atoms with E-state index in [9.17, 15) is 4.79 Å². The van der Waals surface area contributed by atoms with Gasteiger partial charge in [0.2, 0.25) is 0 Å². The van der Waals surface area contributed by atoms with Crippen LogP contribution < -0.4 is 5.32 Å². The SMILES string of the molecule is Cc1cccc(C(NC(=O)N2CCSCC2)c2cccs2)c1. The molecule has 0 radical (unpaired) electrons. The van der Waals surface area contributed by atoms with E-state index < -0.39 is 0 Å². The van der Waals surface area contributed by atoms with Crippen molar-refractivity contribution in [2.75, 3.05) is 24.6 Å². The Morgan fingerprint density at radius 3 is 2.73 bits per heavy atom. The van der Waals surface area contributed by atoms with Crippen LogP contribution in [0.5, 0.6) is 0 Å². The monoisotopic (exact) mass is 332 g/mol. The molecule has 1 N–H and O–H groups in total. The van der Waals surface area contributed by atoms with Crippen LogP contribution in [0.2, 0.25) is 0 Å². The summed E-state index contributed by atoms with van der Waals surface area (Å²) in [5.41, 5.74) is 2.35. The highest BCUT2D eigenvalue weighted by molar-refractivity contribution is 7.99. The van der Waals surface area contributed by atoms with E-state index in [1.807, 2.05) is 22.7 Å². The number of nitrogens with one attached hydrogen (secondary N) is 1. The van der Waals surface area contributed by atoms with Crippen LogP contribution in [-0.4, -0.2) is 35.5 Å². The van der Waals surface area contributed by atoms with Crippen LogP contribution in [0.25, 0.3) is 0 Å². The molecule has 1 fully saturated rings. The number of carbonyl (C=O) groups is 1. The molecule has 0 aliphatic carbocycles. The Morgan fingerprint density at radius 2 is 2.05 bits per heavy atom. The minimum Gasteiger partial charge on any atom is -0.326 e. The lowest BCUT2D eigenvalue weighted by molar-refractivity contribution is 0.200. The quantitative estimate of drug-likeness (QED) is 0.924. The molecule has 116 valence electrons. The van der Waals surface area contributed by atoms with Gasteiger partial charge in [-0.3, -0.25) is 0 Å². The summed E-state index contributed by atoms with van der Waals surface area (Å²) in [6.07, 6.45) is 0. The minimum absolute atomic E-state index is 0.0419. The first-order chi connectivity index (χ1) is 10.7. The molecule has 2 amide bonds. The lowest BCUT2D eigenvalue weighted by Crippen LogP contribution is -2.45. The van der Waals surface area contributed by atoms with Gasteiger partial charge in [-0.15, -0.1) is 11.3 Å². The molecule has 3 nitrogen and oxygen atoms in total. The molecule has 0 saturated carbocycles. The van der Waals surface area contributed by atoms with Gasteiger partial charge in [-0.1, -0.05) is 35.9 Å². The van der Waals surface area contributed by atoms with E-state index >= 15 is 0 Å². The third-order valence-electron chi connectivity index (χ3n) is 3.77. The Kier molecular flexibility index (Phi) is 5.05. The zero-order valence-electron chi connectivity index (χ0n) is 12.6. The standard InChI is InChI=1S/C17H20N2OS2/c1-13-4-2-5-14(12-13)16(15-6-3-9-22-15)18-17(20)19-7-10-21-11-8-19/h2-6,9,12,16H,7-8,10-11H2,1H3,(H,18,20). The van der Waals surface area contributed by atoms with Gasteiger partial charge < -0.3 is 10.2 Å². The van der Waals surface area contributed by atoms with E-state index in [1.54, 1.807) is 11.3 Å². The number of amides is 2. The van der Waals surface area contributed by atoms with Crippen LogP contribution in [0.1, 0.15) is 22.0 Å². The van der Waals surface area contributed by atoms with Crippen LogP contribution in [0.15, 0.2) is 41.8 Å². The average Bonchev–Trinajstić information content (AvgIpc) is 3.07. The predicted molar refractivity (Wildman–Crippen MR) is 94.8 cm³/mol. The van der Waals surface area contributed by atoms with Crippen molar-refractivity contribution < 1.29 is 4.79 Å². The molecule has 22 heavy (non-hydrogen) atoms. The number of hydrogen-bond donors (Lipinski definition) is 1. The first-order valence-electron chi connectivity index (χ1n) is 7.47. The second kappa shape index (κ2) is 7.20. The van der Waals surface area contributed by atoms with Gasteiger partial charge in [0.1, 0.15) is 0 Å². The summed E-state index contributed by atoms with van der Waals surface area (Å²) in [7, 11) is 0. The van der Waals surface area contributed by atoms with Crippen LogP contribution in [0.3, 0.4) is 0 Å². The summed E-state index contributed by atoms with van der Waals surface area (Å²) in [5, 5.41) is 5.28. The van der Waals surface area contributed by atoms with Gasteiger partial charge in [-0.05, 0) is 23.9 Å². The molecule has 1 atom stereocenters. The van der Waals surface area contributed by atoms with Gasteiger partial charge in [0.25, 0.3) is 0 Å². The Morgan fingerprint density at radius 1 is 1.23 bits per heavy atom. The number of thiophene rings is 1. The van der Waals surface area contributed by atoms with E-state index in [2.05, 4.69) is 48.0 Å². The smallest absolute Gasteiger partial charge is 0.318 e. The topological polar surface area (TPSA) is 32.3 Å². The number of carbonyl (C=O) groups excluding carboxylic acids is 1. The molecule has 1 aliphatic heterocycles. The van der Waals surface area contributed by atoms with Crippen molar-refractivity contribution in [1.29, 1.82) is 0 Å². The highest BCUT2D eigenvalue weighted by Gasteiger charge is 2.22. The van der Waals surface area contributed by atoms with Gasteiger partial charge in [0, 0.05) is 29.5 Å². The number of aryl methyl sites for hydroxylation is 1. The number of thioether (sulfide) groups is 1. The van der Waals surface area contributed by atoms with Crippen LogP contribution in [0.4, 0.5) is 4.79 Å².